The first-order chi connectivity index (χ1) is 6.68. The molecule has 0 atom stereocenters. The number of halogens is 2. The van der Waals surface area contributed by atoms with Gasteiger partial charge in [0.2, 0.25) is 5.13 Å². The average molecular weight is 230 g/mol. The van der Waals surface area contributed by atoms with Crippen LogP contribution in [0.1, 0.15) is 0 Å². The highest BCUT2D eigenvalue weighted by Crippen LogP contribution is 2.32. The van der Waals surface area contributed by atoms with E-state index in [0.717, 1.165) is 0 Å². The minimum atomic E-state index is -0.474. The molecule has 0 aliphatic rings. The molecule has 0 unspecified atom stereocenters. The van der Waals surface area contributed by atoms with Crippen LogP contribution < -0.4 is 5.73 Å². The van der Waals surface area contributed by atoms with Crippen molar-refractivity contribution < 1.29 is 4.39 Å². The molecule has 1 aromatic carbocycles. The van der Waals surface area contributed by atoms with Gasteiger partial charge in [-0.2, -0.15) is 0 Å². The second-order valence-electron chi connectivity index (χ2n) is 2.55. The number of hydrogen-bond acceptors (Lipinski definition) is 4. The number of rotatable bonds is 1. The quantitative estimate of drug-likeness (QED) is 0.818. The smallest absolute Gasteiger partial charge is 0.203 e. The van der Waals surface area contributed by atoms with E-state index in [4.69, 9.17) is 17.3 Å². The molecule has 14 heavy (non-hydrogen) atoms. The third kappa shape index (κ3) is 1.56. The van der Waals surface area contributed by atoms with E-state index in [1.165, 1.54) is 17.4 Å². The van der Waals surface area contributed by atoms with Gasteiger partial charge < -0.3 is 5.73 Å². The van der Waals surface area contributed by atoms with Gasteiger partial charge in [-0.15, -0.1) is 10.2 Å². The van der Waals surface area contributed by atoms with Gasteiger partial charge >= 0.3 is 0 Å². The normalized spacial score (nSPS) is 10.4. The van der Waals surface area contributed by atoms with Gasteiger partial charge in [-0.05, 0) is 6.07 Å². The van der Waals surface area contributed by atoms with Crippen LogP contribution in [0.2, 0.25) is 5.02 Å². The number of anilines is 1. The van der Waals surface area contributed by atoms with Crippen LogP contribution >= 0.6 is 22.9 Å². The Hall–Kier alpha value is -1.20. The van der Waals surface area contributed by atoms with Crippen molar-refractivity contribution in [1.82, 2.24) is 10.2 Å². The molecule has 0 spiro atoms. The lowest BCUT2D eigenvalue weighted by Crippen LogP contribution is -1.83. The highest BCUT2D eigenvalue weighted by molar-refractivity contribution is 7.18. The Balaban J connectivity index is 2.57. The molecule has 72 valence electrons. The zero-order valence-electron chi connectivity index (χ0n) is 6.87. The molecule has 2 aromatic rings. The lowest BCUT2D eigenvalue weighted by Gasteiger charge is -1.99. The van der Waals surface area contributed by atoms with Crippen molar-refractivity contribution in [1.29, 1.82) is 0 Å². The van der Waals surface area contributed by atoms with E-state index < -0.39 is 5.82 Å². The summed E-state index contributed by atoms with van der Waals surface area (Å²) in [6.45, 7) is 0. The maximum atomic E-state index is 13.1. The SMILES string of the molecule is Nc1nnc(-c2cccc(F)c2Cl)s1. The van der Waals surface area contributed by atoms with Crippen LogP contribution in [0.4, 0.5) is 9.52 Å². The lowest BCUT2D eigenvalue weighted by molar-refractivity contribution is 0.629. The minimum Gasteiger partial charge on any atom is -0.374 e. The third-order valence-corrected chi connectivity index (χ3v) is 2.79. The number of nitrogens with zero attached hydrogens (tertiary/aromatic N) is 2. The van der Waals surface area contributed by atoms with Crippen LogP contribution in [0.25, 0.3) is 10.6 Å². The molecule has 1 aromatic heterocycles. The molecule has 0 saturated heterocycles. The van der Waals surface area contributed by atoms with Gasteiger partial charge in [0, 0.05) is 5.56 Å². The number of hydrogen-bond donors (Lipinski definition) is 1. The van der Waals surface area contributed by atoms with E-state index in [2.05, 4.69) is 10.2 Å². The van der Waals surface area contributed by atoms with Gasteiger partial charge in [-0.25, -0.2) is 4.39 Å². The standard InChI is InChI=1S/C8H5ClFN3S/c9-6-4(2-1-3-5(6)10)7-12-13-8(11)14-7/h1-3H,(H2,11,13). The predicted octanol–water partition coefficient (Wildman–Crippen LogP) is 2.58. The summed E-state index contributed by atoms with van der Waals surface area (Å²) in [4.78, 5) is 0. The van der Waals surface area contributed by atoms with E-state index in [1.807, 2.05) is 0 Å². The summed E-state index contributed by atoms with van der Waals surface area (Å²) in [5.74, 6) is -0.474. The summed E-state index contributed by atoms with van der Waals surface area (Å²) in [6.07, 6.45) is 0. The van der Waals surface area contributed by atoms with E-state index >= 15 is 0 Å². The second kappa shape index (κ2) is 3.51. The first-order valence-electron chi connectivity index (χ1n) is 3.72. The molecule has 0 bridgehead atoms. The first kappa shape index (κ1) is 9.36. The van der Waals surface area contributed by atoms with Gasteiger partial charge in [0.15, 0.2) is 5.01 Å². The highest BCUT2D eigenvalue weighted by atomic mass is 35.5. The first-order valence-corrected chi connectivity index (χ1v) is 4.91. The predicted molar refractivity (Wildman–Crippen MR) is 54.7 cm³/mol. The fourth-order valence-electron chi connectivity index (χ4n) is 1.01. The van der Waals surface area contributed by atoms with Crippen molar-refractivity contribution in [3.05, 3.63) is 29.0 Å². The van der Waals surface area contributed by atoms with Gasteiger partial charge in [0.05, 0.1) is 5.02 Å². The molecule has 6 heteroatoms. The molecule has 2 rings (SSSR count). The monoisotopic (exact) mass is 229 g/mol. The van der Waals surface area contributed by atoms with Crippen LogP contribution in [0.5, 0.6) is 0 Å². The summed E-state index contributed by atoms with van der Waals surface area (Å²) >= 11 is 6.93. The van der Waals surface area contributed by atoms with Crippen molar-refractivity contribution in [2.75, 3.05) is 5.73 Å². The molecule has 0 aliphatic carbocycles. The number of aromatic nitrogens is 2. The molecule has 0 fully saturated rings. The Morgan fingerprint density at radius 2 is 2.14 bits per heavy atom. The van der Waals surface area contributed by atoms with E-state index in [9.17, 15) is 4.39 Å². The number of nitrogens with two attached hydrogens (primary N) is 1. The molecule has 0 aliphatic heterocycles. The number of benzene rings is 1. The Labute approximate surface area is 88.3 Å². The Morgan fingerprint density at radius 3 is 2.79 bits per heavy atom. The van der Waals surface area contributed by atoms with Crippen molar-refractivity contribution >= 4 is 28.1 Å². The maximum Gasteiger partial charge on any atom is 0.203 e. The molecule has 0 saturated carbocycles. The summed E-state index contributed by atoms with van der Waals surface area (Å²) in [5.41, 5.74) is 5.93. The van der Waals surface area contributed by atoms with Crippen molar-refractivity contribution in [3.8, 4) is 10.6 Å². The second-order valence-corrected chi connectivity index (χ2v) is 3.93. The zero-order valence-corrected chi connectivity index (χ0v) is 8.44. The van der Waals surface area contributed by atoms with E-state index in [-0.39, 0.29) is 5.02 Å². The summed E-state index contributed by atoms with van der Waals surface area (Å²) < 4.78 is 13.1. The van der Waals surface area contributed by atoms with Crippen LogP contribution in [-0.2, 0) is 0 Å². The van der Waals surface area contributed by atoms with Crippen LogP contribution in [0.3, 0.4) is 0 Å². The fraction of sp³-hybridized carbons (Fsp3) is 0. The Morgan fingerprint density at radius 1 is 1.36 bits per heavy atom. The highest BCUT2D eigenvalue weighted by Gasteiger charge is 2.11. The van der Waals surface area contributed by atoms with Crippen molar-refractivity contribution in [2.24, 2.45) is 0 Å². The molecule has 0 amide bonds. The molecule has 0 radical (unpaired) electrons. The fourth-order valence-corrected chi connectivity index (χ4v) is 1.93. The van der Waals surface area contributed by atoms with Crippen LogP contribution in [-0.4, -0.2) is 10.2 Å². The molecule has 3 nitrogen and oxygen atoms in total. The summed E-state index contributed by atoms with van der Waals surface area (Å²) in [7, 11) is 0. The molecular weight excluding hydrogens is 225 g/mol. The minimum absolute atomic E-state index is 0.0450. The van der Waals surface area contributed by atoms with E-state index in [0.29, 0.717) is 15.7 Å². The largest absolute Gasteiger partial charge is 0.374 e. The van der Waals surface area contributed by atoms with Gasteiger partial charge in [-0.3, -0.25) is 0 Å². The Bertz CT molecular complexity index is 471. The average Bonchev–Trinajstić information content (AvgIpc) is 2.57. The molecular formula is C8H5ClFN3S. The topological polar surface area (TPSA) is 51.8 Å². The van der Waals surface area contributed by atoms with Crippen LogP contribution in [0.15, 0.2) is 18.2 Å². The van der Waals surface area contributed by atoms with E-state index in [1.54, 1.807) is 12.1 Å². The van der Waals surface area contributed by atoms with Gasteiger partial charge in [0.1, 0.15) is 5.82 Å². The van der Waals surface area contributed by atoms with Crippen LogP contribution in [0, 0.1) is 5.82 Å². The maximum absolute atomic E-state index is 13.1. The Kier molecular flexibility index (Phi) is 2.35. The number of nitrogen functional groups attached to an aromatic ring is 1. The van der Waals surface area contributed by atoms with Crippen molar-refractivity contribution in [2.45, 2.75) is 0 Å². The summed E-state index contributed by atoms with van der Waals surface area (Å²) in [5, 5.41) is 8.31. The summed E-state index contributed by atoms with van der Waals surface area (Å²) in [6, 6.07) is 4.52. The third-order valence-electron chi connectivity index (χ3n) is 1.62. The van der Waals surface area contributed by atoms with Gasteiger partial charge in [0.25, 0.3) is 0 Å². The molecule has 1 heterocycles. The van der Waals surface area contributed by atoms with Crippen molar-refractivity contribution in [3.63, 3.8) is 0 Å². The van der Waals surface area contributed by atoms with Gasteiger partial charge in [-0.1, -0.05) is 35.1 Å². The lowest BCUT2D eigenvalue weighted by atomic mass is 10.2. The zero-order chi connectivity index (χ0) is 10.1. The molecule has 2 N–H and O–H groups in total.